The molecule has 0 atom stereocenters. The van der Waals surface area contributed by atoms with Gasteiger partial charge in [-0.2, -0.15) is 0 Å². The minimum atomic E-state index is -1.06. The van der Waals surface area contributed by atoms with Gasteiger partial charge >= 0.3 is 5.97 Å². The predicted molar refractivity (Wildman–Crippen MR) is 70.4 cm³/mol. The smallest absolute Gasteiger partial charge is 0.328 e. The Morgan fingerprint density at radius 2 is 1.53 bits per heavy atom. The molecule has 4 aliphatic carbocycles. The molecule has 0 aromatic heterocycles. The number of carbonyl (C=O) groups is 2. The molecule has 0 aromatic rings. The molecule has 104 valence electrons. The number of rotatable bonds is 3. The molecule has 0 radical (unpaired) electrons. The fourth-order valence-electron chi connectivity index (χ4n) is 4.94. The topological polar surface area (TPSA) is 57.6 Å². The molecule has 0 aliphatic heterocycles. The Bertz CT molecular complexity index is 401. The minimum absolute atomic E-state index is 0.167. The van der Waals surface area contributed by atoms with Crippen LogP contribution in [-0.4, -0.2) is 35.0 Å². The third kappa shape index (κ3) is 2.28. The van der Waals surface area contributed by atoms with E-state index in [2.05, 4.69) is 0 Å². The van der Waals surface area contributed by atoms with Crippen molar-refractivity contribution in [2.75, 3.05) is 7.05 Å². The maximum Gasteiger partial charge on any atom is 0.328 e. The number of likely N-dealkylation sites (N-methyl/N-ethyl adjacent to an activating group) is 1. The van der Waals surface area contributed by atoms with Crippen LogP contribution in [0.1, 0.15) is 32.1 Å². The summed E-state index contributed by atoms with van der Waals surface area (Å²) in [5.74, 6) is 1.83. The number of hydrogen-bond acceptors (Lipinski definition) is 2. The van der Waals surface area contributed by atoms with Gasteiger partial charge in [-0.05, 0) is 55.8 Å². The van der Waals surface area contributed by atoms with Gasteiger partial charge in [0.25, 0.3) is 0 Å². The summed E-state index contributed by atoms with van der Waals surface area (Å²) in [7, 11) is 1.83. The lowest BCUT2D eigenvalue weighted by molar-refractivity contribution is -0.137. The largest absolute Gasteiger partial charge is 0.478 e. The Hall–Kier alpha value is -1.32. The zero-order valence-corrected chi connectivity index (χ0v) is 11.3. The standard InChI is InChI=1S/C15H21NO3/c1-16(13(17)2-3-14(18)19)15-11-5-9-4-10(7-11)8-12(15)6-9/h2-3,9-12,15H,4-8H2,1H3,(H,18,19)/b3-2+. The summed E-state index contributed by atoms with van der Waals surface area (Å²) >= 11 is 0. The van der Waals surface area contributed by atoms with Gasteiger partial charge in [0.2, 0.25) is 5.91 Å². The quantitative estimate of drug-likeness (QED) is 0.791. The first-order chi connectivity index (χ1) is 9.04. The van der Waals surface area contributed by atoms with Crippen molar-refractivity contribution >= 4 is 11.9 Å². The summed E-state index contributed by atoms with van der Waals surface area (Å²) in [6, 6.07) is 0.332. The second kappa shape index (κ2) is 4.66. The number of nitrogens with zero attached hydrogens (tertiary/aromatic N) is 1. The van der Waals surface area contributed by atoms with Gasteiger partial charge in [0.1, 0.15) is 0 Å². The highest BCUT2D eigenvalue weighted by atomic mass is 16.4. The van der Waals surface area contributed by atoms with Crippen LogP contribution in [0.5, 0.6) is 0 Å². The normalized spacial score (nSPS) is 39.7. The van der Waals surface area contributed by atoms with E-state index in [9.17, 15) is 9.59 Å². The Kier molecular flexibility index (Phi) is 3.11. The molecule has 4 nitrogen and oxygen atoms in total. The monoisotopic (exact) mass is 263 g/mol. The summed E-state index contributed by atoms with van der Waals surface area (Å²) in [6.45, 7) is 0. The molecular weight excluding hydrogens is 242 g/mol. The molecule has 4 heteroatoms. The van der Waals surface area contributed by atoms with Gasteiger partial charge in [-0.3, -0.25) is 4.79 Å². The molecule has 0 heterocycles. The molecule has 0 saturated heterocycles. The summed E-state index contributed by atoms with van der Waals surface area (Å²) in [6.07, 6.45) is 8.57. The predicted octanol–water partition coefficient (Wildman–Crippen LogP) is 1.91. The number of carboxylic acid groups (broad SMARTS) is 1. The highest BCUT2D eigenvalue weighted by Gasteiger charge is 2.50. The molecule has 4 aliphatic rings. The molecule has 19 heavy (non-hydrogen) atoms. The van der Waals surface area contributed by atoms with Gasteiger partial charge < -0.3 is 10.0 Å². The molecule has 4 rings (SSSR count). The van der Waals surface area contributed by atoms with Crippen LogP contribution in [-0.2, 0) is 9.59 Å². The minimum Gasteiger partial charge on any atom is -0.478 e. The second-order valence-corrected chi connectivity index (χ2v) is 6.54. The average Bonchev–Trinajstić information content (AvgIpc) is 2.34. The average molecular weight is 263 g/mol. The molecule has 4 bridgehead atoms. The van der Waals surface area contributed by atoms with E-state index in [1.165, 1.54) is 38.2 Å². The molecule has 4 fully saturated rings. The Labute approximate surface area is 113 Å². The van der Waals surface area contributed by atoms with Crippen LogP contribution in [0.25, 0.3) is 0 Å². The number of carbonyl (C=O) groups excluding carboxylic acids is 1. The van der Waals surface area contributed by atoms with Crippen molar-refractivity contribution < 1.29 is 14.7 Å². The molecular formula is C15H21NO3. The molecule has 1 amide bonds. The van der Waals surface area contributed by atoms with E-state index in [1.807, 2.05) is 7.05 Å². The van der Waals surface area contributed by atoms with Gasteiger partial charge in [-0.25, -0.2) is 4.79 Å². The molecule has 0 aromatic carbocycles. The van der Waals surface area contributed by atoms with Crippen LogP contribution < -0.4 is 0 Å². The second-order valence-electron chi connectivity index (χ2n) is 6.54. The first-order valence-electron chi connectivity index (χ1n) is 7.22. The lowest BCUT2D eigenvalue weighted by Gasteiger charge is -2.56. The van der Waals surface area contributed by atoms with Crippen LogP contribution >= 0.6 is 0 Å². The zero-order valence-electron chi connectivity index (χ0n) is 11.3. The first kappa shape index (κ1) is 12.7. The van der Waals surface area contributed by atoms with E-state index in [4.69, 9.17) is 5.11 Å². The van der Waals surface area contributed by atoms with Crippen molar-refractivity contribution in [2.24, 2.45) is 23.7 Å². The fraction of sp³-hybridized carbons (Fsp3) is 0.733. The van der Waals surface area contributed by atoms with E-state index in [1.54, 1.807) is 4.90 Å². The summed E-state index contributed by atoms with van der Waals surface area (Å²) < 4.78 is 0. The molecule has 0 unspecified atom stereocenters. The van der Waals surface area contributed by atoms with Gasteiger partial charge in [-0.1, -0.05) is 0 Å². The number of hydrogen-bond donors (Lipinski definition) is 1. The summed E-state index contributed by atoms with van der Waals surface area (Å²) in [4.78, 5) is 24.3. The maximum atomic E-state index is 12.0. The third-order valence-electron chi connectivity index (χ3n) is 5.34. The van der Waals surface area contributed by atoms with Crippen molar-refractivity contribution in [3.8, 4) is 0 Å². The highest BCUT2D eigenvalue weighted by molar-refractivity contribution is 5.93. The Morgan fingerprint density at radius 1 is 1.00 bits per heavy atom. The number of amides is 1. The number of aliphatic carboxylic acids is 1. The number of carboxylic acids is 1. The maximum absolute atomic E-state index is 12.0. The first-order valence-corrected chi connectivity index (χ1v) is 7.22. The molecule has 4 saturated carbocycles. The van der Waals surface area contributed by atoms with E-state index < -0.39 is 5.97 Å². The van der Waals surface area contributed by atoms with Crippen LogP contribution in [0.3, 0.4) is 0 Å². The Morgan fingerprint density at radius 3 is 2.00 bits per heavy atom. The van der Waals surface area contributed by atoms with Crippen LogP contribution in [0, 0.1) is 23.7 Å². The van der Waals surface area contributed by atoms with Crippen molar-refractivity contribution in [3.63, 3.8) is 0 Å². The Balaban J connectivity index is 1.71. The summed E-state index contributed by atoms with van der Waals surface area (Å²) in [5, 5.41) is 8.60. The van der Waals surface area contributed by atoms with Crippen molar-refractivity contribution in [3.05, 3.63) is 12.2 Å². The van der Waals surface area contributed by atoms with Gasteiger partial charge in [0.05, 0.1) is 0 Å². The van der Waals surface area contributed by atoms with Crippen LogP contribution in [0.2, 0.25) is 0 Å². The zero-order chi connectivity index (χ0) is 13.6. The SMILES string of the molecule is CN(C(=O)/C=C/C(=O)O)C1C2CC3CC(C2)CC1C3. The third-order valence-corrected chi connectivity index (χ3v) is 5.34. The van der Waals surface area contributed by atoms with E-state index in [0.717, 1.165) is 17.9 Å². The van der Waals surface area contributed by atoms with Crippen LogP contribution in [0.15, 0.2) is 12.2 Å². The van der Waals surface area contributed by atoms with Gasteiger partial charge in [0, 0.05) is 25.2 Å². The van der Waals surface area contributed by atoms with E-state index >= 15 is 0 Å². The van der Waals surface area contributed by atoms with Gasteiger partial charge in [0.15, 0.2) is 0 Å². The molecule has 1 N–H and O–H groups in total. The highest BCUT2D eigenvalue weighted by Crippen LogP contribution is 2.54. The van der Waals surface area contributed by atoms with Gasteiger partial charge in [-0.15, -0.1) is 0 Å². The molecule has 0 spiro atoms. The van der Waals surface area contributed by atoms with Crippen molar-refractivity contribution in [1.82, 2.24) is 4.90 Å². The fourth-order valence-corrected chi connectivity index (χ4v) is 4.94. The van der Waals surface area contributed by atoms with Crippen molar-refractivity contribution in [2.45, 2.75) is 38.1 Å². The van der Waals surface area contributed by atoms with E-state index in [-0.39, 0.29) is 5.91 Å². The van der Waals surface area contributed by atoms with Crippen molar-refractivity contribution in [1.29, 1.82) is 0 Å². The lowest BCUT2D eigenvalue weighted by Crippen LogP contribution is -2.56. The summed E-state index contributed by atoms with van der Waals surface area (Å²) in [5.41, 5.74) is 0. The van der Waals surface area contributed by atoms with Crippen LogP contribution in [0.4, 0.5) is 0 Å². The van der Waals surface area contributed by atoms with E-state index in [0.29, 0.717) is 17.9 Å². The lowest BCUT2D eigenvalue weighted by atomic mass is 9.54.